The van der Waals surface area contributed by atoms with Crippen molar-refractivity contribution in [3.05, 3.63) is 34.3 Å². The number of aromatic nitrogens is 1. The fraction of sp³-hybridized carbons (Fsp3) is 0.526. The summed E-state index contributed by atoms with van der Waals surface area (Å²) in [6, 6.07) is 4.75. The molecule has 1 N–H and O–H groups in total. The zero-order chi connectivity index (χ0) is 19.5. The average Bonchev–Trinajstić information content (AvgIpc) is 3.26. The Morgan fingerprint density at radius 3 is 2.41 bits per heavy atom. The average molecular weight is 411 g/mol. The Balaban J connectivity index is 1.94. The highest BCUT2D eigenvalue weighted by Crippen LogP contribution is 2.41. The molecule has 1 aliphatic carbocycles. The van der Waals surface area contributed by atoms with E-state index in [1.54, 1.807) is 12.1 Å². The van der Waals surface area contributed by atoms with Crippen molar-refractivity contribution in [3.8, 4) is 11.5 Å². The third-order valence-corrected chi connectivity index (χ3v) is 7.34. The highest BCUT2D eigenvalue weighted by Gasteiger charge is 2.42. The second kappa shape index (κ2) is 8.16. The maximum Gasteiger partial charge on any atom is 0.241 e. The van der Waals surface area contributed by atoms with E-state index in [1.165, 1.54) is 17.4 Å². The van der Waals surface area contributed by atoms with Crippen molar-refractivity contribution in [1.29, 1.82) is 0 Å². The van der Waals surface area contributed by atoms with Gasteiger partial charge in [0.25, 0.3) is 0 Å². The van der Waals surface area contributed by atoms with E-state index in [0.717, 1.165) is 36.4 Å². The van der Waals surface area contributed by atoms with Crippen molar-refractivity contribution >= 4 is 21.4 Å². The smallest absolute Gasteiger partial charge is 0.241 e. The molecule has 0 unspecified atom stereocenters. The molecule has 0 bridgehead atoms. The van der Waals surface area contributed by atoms with E-state index in [1.807, 2.05) is 26.2 Å². The topological polar surface area (TPSA) is 77.5 Å². The monoisotopic (exact) mass is 410 g/mol. The molecule has 0 aliphatic heterocycles. The summed E-state index contributed by atoms with van der Waals surface area (Å²) in [6.45, 7) is 6.57. The summed E-state index contributed by atoms with van der Waals surface area (Å²) in [5, 5.41) is 2.81. The molecule has 3 rings (SSSR count). The molecule has 2 aromatic rings. The van der Waals surface area contributed by atoms with E-state index in [4.69, 9.17) is 9.47 Å². The zero-order valence-corrected chi connectivity index (χ0v) is 17.6. The van der Waals surface area contributed by atoms with Gasteiger partial charge in [-0.05, 0) is 45.7 Å². The summed E-state index contributed by atoms with van der Waals surface area (Å²) in [4.78, 5) is 4.75. The van der Waals surface area contributed by atoms with Gasteiger partial charge in [-0.2, -0.15) is 4.72 Å². The molecule has 0 amide bonds. The number of sulfonamides is 1. The fourth-order valence-electron chi connectivity index (χ4n) is 3.43. The van der Waals surface area contributed by atoms with Crippen molar-refractivity contribution in [2.24, 2.45) is 0 Å². The SMILES string of the molecule is CCOc1ccc(S(=O)(=O)NC2(c3nc(C)cs3)CCCC2)cc1OCC. The summed E-state index contributed by atoms with van der Waals surface area (Å²) in [7, 11) is -3.73. The Morgan fingerprint density at radius 2 is 1.81 bits per heavy atom. The number of aryl methyl sites for hydroxylation is 1. The molecule has 148 valence electrons. The van der Waals surface area contributed by atoms with E-state index in [0.29, 0.717) is 24.7 Å². The van der Waals surface area contributed by atoms with Crippen LogP contribution in [0.2, 0.25) is 0 Å². The second-order valence-corrected chi connectivity index (χ2v) is 9.20. The fourth-order valence-corrected chi connectivity index (χ4v) is 5.95. The predicted molar refractivity (Wildman–Crippen MR) is 106 cm³/mol. The number of hydrogen-bond acceptors (Lipinski definition) is 6. The third kappa shape index (κ3) is 4.28. The van der Waals surface area contributed by atoms with Crippen molar-refractivity contribution in [1.82, 2.24) is 9.71 Å². The van der Waals surface area contributed by atoms with E-state index in [-0.39, 0.29) is 4.90 Å². The minimum Gasteiger partial charge on any atom is -0.490 e. The van der Waals surface area contributed by atoms with E-state index >= 15 is 0 Å². The highest BCUT2D eigenvalue weighted by molar-refractivity contribution is 7.89. The Bertz CT molecular complexity index is 887. The molecular weight excluding hydrogens is 384 g/mol. The van der Waals surface area contributed by atoms with Gasteiger partial charge in [0.1, 0.15) is 5.01 Å². The van der Waals surface area contributed by atoms with Crippen LogP contribution in [0.3, 0.4) is 0 Å². The van der Waals surface area contributed by atoms with Gasteiger partial charge in [-0.3, -0.25) is 0 Å². The van der Waals surface area contributed by atoms with Gasteiger partial charge in [0, 0.05) is 17.1 Å². The minimum absolute atomic E-state index is 0.175. The first-order valence-corrected chi connectivity index (χ1v) is 11.6. The molecule has 1 saturated carbocycles. The lowest BCUT2D eigenvalue weighted by molar-refractivity contribution is 0.287. The van der Waals surface area contributed by atoms with Crippen LogP contribution in [0.15, 0.2) is 28.5 Å². The minimum atomic E-state index is -3.73. The maximum atomic E-state index is 13.2. The van der Waals surface area contributed by atoms with Crippen molar-refractivity contribution in [2.45, 2.75) is 56.9 Å². The van der Waals surface area contributed by atoms with Crippen LogP contribution < -0.4 is 14.2 Å². The molecule has 1 aromatic carbocycles. The van der Waals surface area contributed by atoms with E-state index < -0.39 is 15.6 Å². The quantitative estimate of drug-likeness (QED) is 0.712. The molecule has 1 aliphatic rings. The van der Waals surface area contributed by atoms with Gasteiger partial charge >= 0.3 is 0 Å². The van der Waals surface area contributed by atoms with Crippen LogP contribution in [0.5, 0.6) is 11.5 Å². The van der Waals surface area contributed by atoms with Crippen LogP contribution in [0, 0.1) is 6.92 Å². The Labute approximate surface area is 165 Å². The van der Waals surface area contributed by atoms with Crippen LogP contribution in [0.4, 0.5) is 0 Å². The van der Waals surface area contributed by atoms with Gasteiger partial charge in [0.05, 0.1) is 23.6 Å². The number of hydrogen-bond donors (Lipinski definition) is 1. The Kier molecular flexibility index (Phi) is 6.08. The van der Waals surface area contributed by atoms with Crippen LogP contribution in [0.1, 0.15) is 50.2 Å². The number of benzene rings is 1. The lowest BCUT2D eigenvalue weighted by Crippen LogP contribution is -2.43. The van der Waals surface area contributed by atoms with Crippen molar-refractivity contribution in [2.75, 3.05) is 13.2 Å². The van der Waals surface area contributed by atoms with Gasteiger partial charge in [0.15, 0.2) is 11.5 Å². The first-order valence-electron chi connectivity index (χ1n) is 9.26. The molecule has 0 saturated heterocycles. The van der Waals surface area contributed by atoms with E-state index in [9.17, 15) is 8.42 Å². The van der Waals surface area contributed by atoms with Gasteiger partial charge in [0.2, 0.25) is 10.0 Å². The van der Waals surface area contributed by atoms with Crippen molar-refractivity contribution < 1.29 is 17.9 Å². The van der Waals surface area contributed by atoms with Crippen LogP contribution in [-0.4, -0.2) is 26.6 Å². The summed E-state index contributed by atoms with van der Waals surface area (Å²) in [5.41, 5.74) is 0.294. The van der Waals surface area contributed by atoms with Gasteiger partial charge < -0.3 is 9.47 Å². The summed E-state index contributed by atoms with van der Waals surface area (Å²) in [5.74, 6) is 0.984. The van der Waals surface area contributed by atoms with Crippen LogP contribution in [-0.2, 0) is 15.6 Å². The molecular formula is C19H26N2O4S2. The zero-order valence-electron chi connectivity index (χ0n) is 15.9. The number of ether oxygens (including phenoxy) is 2. The third-order valence-electron chi connectivity index (χ3n) is 4.64. The molecule has 0 radical (unpaired) electrons. The molecule has 1 heterocycles. The maximum absolute atomic E-state index is 13.2. The standard InChI is InChI=1S/C19H26N2O4S2/c1-4-24-16-9-8-15(12-17(16)25-5-2)27(22,23)21-19(10-6-7-11-19)18-20-14(3)13-26-18/h8-9,12-13,21H,4-7,10-11H2,1-3H3. The van der Waals surface area contributed by atoms with Crippen LogP contribution >= 0.6 is 11.3 Å². The normalized spacial score (nSPS) is 16.4. The molecule has 6 nitrogen and oxygen atoms in total. The first-order chi connectivity index (χ1) is 12.9. The first kappa shape index (κ1) is 20.1. The van der Waals surface area contributed by atoms with Crippen molar-refractivity contribution in [3.63, 3.8) is 0 Å². The van der Waals surface area contributed by atoms with Crippen LogP contribution in [0.25, 0.3) is 0 Å². The molecule has 0 atom stereocenters. The largest absolute Gasteiger partial charge is 0.490 e. The number of nitrogens with zero attached hydrogens (tertiary/aromatic N) is 1. The Hall–Kier alpha value is -1.64. The summed E-state index contributed by atoms with van der Waals surface area (Å²) >= 11 is 1.52. The number of rotatable bonds is 8. The molecule has 1 aromatic heterocycles. The summed E-state index contributed by atoms with van der Waals surface area (Å²) in [6.07, 6.45) is 3.48. The molecule has 0 spiro atoms. The lowest BCUT2D eigenvalue weighted by Gasteiger charge is -2.28. The summed E-state index contributed by atoms with van der Waals surface area (Å²) < 4.78 is 40.4. The molecule has 1 fully saturated rings. The predicted octanol–water partition coefficient (Wildman–Crippen LogP) is 4.00. The molecule has 8 heteroatoms. The lowest BCUT2D eigenvalue weighted by atomic mass is 10.0. The Morgan fingerprint density at radius 1 is 1.15 bits per heavy atom. The van der Waals surface area contributed by atoms with E-state index in [2.05, 4.69) is 9.71 Å². The second-order valence-electron chi connectivity index (χ2n) is 6.66. The van der Waals surface area contributed by atoms with Gasteiger partial charge in [-0.15, -0.1) is 11.3 Å². The number of nitrogens with one attached hydrogen (secondary N) is 1. The molecule has 27 heavy (non-hydrogen) atoms. The highest BCUT2D eigenvalue weighted by atomic mass is 32.2. The van der Waals surface area contributed by atoms with Gasteiger partial charge in [-0.25, -0.2) is 13.4 Å². The number of thiazole rings is 1. The van der Waals surface area contributed by atoms with Gasteiger partial charge in [-0.1, -0.05) is 12.8 Å².